The zero-order valence-corrected chi connectivity index (χ0v) is 23.4. The second kappa shape index (κ2) is 1430. The first-order chi connectivity index (χ1) is 2.00. The van der Waals surface area contributed by atoms with Crippen molar-refractivity contribution in [3.8, 4) is 0 Å². The van der Waals surface area contributed by atoms with Crippen molar-refractivity contribution in [3.05, 3.63) is 38.4 Å². The van der Waals surface area contributed by atoms with Gasteiger partial charge in [-0.1, -0.05) is 0 Å². The number of rotatable bonds is 0. The van der Waals surface area contributed by atoms with E-state index in [-0.39, 0.29) is 135 Å². The number of hydrogen-bond acceptors (Lipinski definition) is 0. The Kier molecular flexibility index (Phi) is 34600. The normalized spacial score (nSPS) is 0.667. The van der Waals surface area contributed by atoms with E-state index in [4.69, 9.17) is 0 Å². The van der Waals surface area contributed by atoms with E-state index in [1.165, 1.54) is 0 Å². The van der Waals surface area contributed by atoms with Gasteiger partial charge in [-0.15, -0.1) is 0 Å². The van der Waals surface area contributed by atoms with E-state index in [0.717, 1.165) is 0 Å². The van der Waals surface area contributed by atoms with E-state index in [1.807, 2.05) is 0 Å². The van der Waals surface area contributed by atoms with Crippen molar-refractivity contribution in [1.29, 1.82) is 0 Å². The molecule has 14 heteroatoms. The van der Waals surface area contributed by atoms with Crippen LogP contribution >= 0.6 is 0 Å². The van der Waals surface area contributed by atoms with Gasteiger partial charge in [0.15, 0.2) is 0 Å². The fraction of sp³-hybridized carbons (Fsp3) is 0.500. The van der Waals surface area contributed by atoms with Crippen LogP contribution in [0.1, 0.15) is 13.8 Å². The van der Waals surface area contributed by atoms with Gasteiger partial charge in [-0.25, -0.2) is 0 Å². The average molecular weight is 492 g/mol. The molecule has 112 valence electrons. The molecule has 0 aliphatic heterocycles. The van der Waals surface area contributed by atoms with E-state index >= 15 is 0 Å². The molecule has 0 unspecified atom stereocenters. The second-order valence-electron chi connectivity index (χ2n) is 0. The van der Waals surface area contributed by atoms with E-state index < -0.39 is 0 Å². The smallest absolute Gasteiger partial charge is 0.693 e. The van der Waals surface area contributed by atoms with Gasteiger partial charge in [0.1, 0.15) is 0 Å². The molecule has 0 aromatic heterocycles. The Bertz CT molecular complexity index is 35.5. The third-order valence-electron chi connectivity index (χ3n) is 0. The zero-order valence-electron chi connectivity index (χ0n) is 11.6. The van der Waals surface area contributed by atoms with Gasteiger partial charge in [-0.05, 0) is 0 Å². The van der Waals surface area contributed by atoms with Gasteiger partial charge in [-0.2, -0.15) is 13.8 Å². The Morgan fingerprint density at radius 3 is 0.389 bits per heavy atom. The van der Waals surface area contributed by atoms with Crippen LogP contribution < -0.4 is 0 Å². The van der Waals surface area contributed by atoms with Gasteiger partial charge in [0.05, 0.1) is 0 Å². The zero-order chi connectivity index (χ0) is 4.00. The summed E-state index contributed by atoms with van der Waals surface area (Å²) < 4.78 is 0. The summed E-state index contributed by atoms with van der Waals surface area (Å²) in [6.45, 7) is 10.0. The minimum atomic E-state index is 0. The maximum Gasteiger partial charge on any atom is 2.00 e. The Labute approximate surface area is 162 Å². The second-order valence-corrected chi connectivity index (χ2v) is 0. The average Bonchev–Trinajstić information content (AvgIpc) is 1.50. The summed E-state index contributed by atoms with van der Waals surface area (Å²) in [7, 11) is 0. The van der Waals surface area contributed by atoms with E-state index in [1.54, 1.807) is 13.8 Å². The Balaban J connectivity index is -0.000000000179. The minimum absolute atomic E-state index is 0. The fourth-order valence-electron chi connectivity index (χ4n) is 0. The summed E-state index contributed by atoms with van der Waals surface area (Å²) in [5, 5.41) is 0. The molecule has 0 amide bonds. The SMILES string of the molecule is O.O.O.O.O.O.[CH2-]C.[CH2-]C.[NH2-].[NH2-].[NH2-].[NH2-].[Zn+2].[Zn+2].[Zn].[Zn]. The standard InChI is InChI=1S/2C2H5.4H2N.6H2O.4Zn/c2*1-2;;;;;;;;;;;;;;/h2*1H2,2H3;10*1H2;;;;/q6*-1;;;;;;;;;2*+2. The molecular formula is C4H30N4O6Zn4-2. The van der Waals surface area contributed by atoms with Crippen molar-refractivity contribution < 1.29 is 111 Å². The molecule has 0 aliphatic rings. The summed E-state index contributed by atoms with van der Waals surface area (Å²) in [6.07, 6.45) is 0. The van der Waals surface area contributed by atoms with Crippen LogP contribution in [0.4, 0.5) is 0 Å². The predicted molar refractivity (Wildman–Crippen MR) is 64.9 cm³/mol. The molecule has 0 atom stereocenters. The molecule has 0 aliphatic carbocycles. The summed E-state index contributed by atoms with van der Waals surface area (Å²) >= 11 is 0. The van der Waals surface area contributed by atoms with Crippen LogP contribution in [-0.2, 0) is 77.9 Å². The van der Waals surface area contributed by atoms with Crippen molar-refractivity contribution in [2.75, 3.05) is 0 Å². The third-order valence-corrected chi connectivity index (χ3v) is 0. The van der Waals surface area contributed by atoms with Crippen molar-refractivity contribution in [2.24, 2.45) is 0 Å². The summed E-state index contributed by atoms with van der Waals surface area (Å²) in [6, 6.07) is 0. The molecule has 0 saturated carbocycles. The first-order valence-electron chi connectivity index (χ1n) is 1.41. The van der Waals surface area contributed by atoms with Crippen molar-refractivity contribution in [3.63, 3.8) is 0 Å². The summed E-state index contributed by atoms with van der Waals surface area (Å²) in [5.74, 6) is 0. The van der Waals surface area contributed by atoms with Gasteiger partial charge in [0.25, 0.3) is 0 Å². The number of hydrogen-bond donors (Lipinski definition) is 0. The van der Waals surface area contributed by atoms with Gasteiger partial charge in [0, 0.05) is 39.0 Å². The van der Waals surface area contributed by atoms with Crippen molar-refractivity contribution in [2.45, 2.75) is 13.8 Å². The molecular weight excluding hydrogens is 462 g/mol. The van der Waals surface area contributed by atoms with Crippen LogP contribution in [0.5, 0.6) is 0 Å². The topological polar surface area (TPSA) is 323 Å². The Morgan fingerprint density at radius 2 is 0.389 bits per heavy atom. The summed E-state index contributed by atoms with van der Waals surface area (Å²) in [4.78, 5) is 0. The summed E-state index contributed by atoms with van der Waals surface area (Å²) in [5.41, 5.74) is 0. The molecule has 0 rings (SSSR count). The van der Waals surface area contributed by atoms with Crippen LogP contribution in [-0.4, -0.2) is 32.9 Å². The van der Waals surface area contributed by atoms with Crippen LogP contribution in [0.15, 0.2) is 0 Å². The fourth-order valence-corrected chi connectivity index (χ4v) is 0. The van der Waals surface area contributed by atoms with E-state index in [0.29, 0.717) is 0 Å². The van der Waals surface area contributed by atoms with Crippen LogP contribution in [0.2, 0.25) is 0 Å². The third kappa shape index (κ3) is 1210. The molecule has 0 fully saturated rings. The van der Waals surface area contributed by atoms with Crippen molar-refractivity contribution in [1.82, 2.24) is 0 Å². The van der Waals surface area contributed by atoms with Gasteiger partial charge >= 0.3 is 39.0 Å². The first-order valence-corrected chi connectivity index (χ1v) is 1.41. The number of nitrogens with two attached hydrogens (primary N) is 4. The van der Waals surface area contributed by atoms with Gasteiger partial charge in [-0.3, -0.25) is 0 Å². The van der Waals surface area contributed by atoms with E-state index in [2.05, 4.69) is 13.8 Å². The van der Waals surface area contributed by atoms with Gasteiger partial charge < -0.3 is 71.3 Å². The van der Waals surface area contributed by atoms with Crippen LogP contribution in [0.25, 0.3) is 24.6 Å². The molecule has 20 N–H and O–H groups in total. The Morgan fingerprint density at radius 1 is 0.389 bits per heavy atom. The largest absolute Gasteiger partial charge is 2.00 e. The Hall–Kier alpha value is 2.09. The molecule has 0 spiro atoms. The maximum atomic E-state index is 3.25. The molecule has 10 nitrogen and oxygen atoms in total. The van der Waals surface area contributed by atoms with Crippen LogP contribution in [0.3, 0.4) is 0 Å². The van der Waals surface area contributed by atoms with Crippen molar-refractivity contribution >= 4 is 0 Å². The molecule has 0 radical (unpaired) electrons. The van der Waals surface area contributed by atoms with E-state index in [9.17, 15) is 0 Å². The molecule has 0 bridgehead atoms. The monoisotopic (exact) mass is 486 g/mol. The van der Waals surface area contributed by atoms with Crippen LogP contribution in [0, 0.1) is 13.8 Å². The quantitative estimate of drug-likeness (QED) is 0.308. The predicted octanol–water partition coefficient (Wildman–Crippen LogP) is -0.409. The minimum Gasteiger partial charge on any atom is -0.693 e. The maximum absolute atomic E-state index is 3.25. The molecule has 0 saturated heterocycles. The van der Waals surface area contributed by atoms with Gasteiger partial charge in [0.2, 0.25) is 0 Å². The molecule has 18 heavy (non-hydrogen) atoms. The first kappa shape index (κ1) is 437. The molecule has 0 aromatic rings. The molecule has 0 heterocycles. The molecule has 0 aromatic carbocycles.